The lowest BCUT2D eigenvalue weighted by Crippen LogP contribution is -2.47. The summed E-state index contributed by atoms with van der Waals surface area (Å²) in [5.74, 6) is -0.264. The summed E-state index contributed by atoms with van der Waals surface area (Å²) in [6.45, 7) is 0. The first-order chi connectivity index (χ1) is 15.9. The van der Waals surface area contributed by atoms with Gasteiger partial charge in [-0.25, -0.2) is 9.98 Å². The lowest BCUT2D eigenvalue weighted by Gasteiger charge is -2.25. The van der Waals surface area contributed by atoms with Gasteiger partial charge in [0.15, 0.2) is 6.10 Å². The van der Waals surface area contributed by atoms with E-state index in [4.69, 9.17) is 31.9 Å². The Bertz CT molecular complexity index is 1240. The van der Waals surface area contributed by atoms with E-state index >= 15 is 0 Å². The van der Waals surface area contributed by atoms with Crippen molar-refractivity contribution >= 4 is 57.0 Å². The van der Waals surface area contributed by atoms with E-state index in [1.54, 1.807) is 72.8 Å². The van der Waals surface area contributed by atoms with Crippen LogP contribution in [0.4, 0.5) is 34.1 Å². The Morgan fingerprint density at radius 3 is 1.48 bits per heavy atom. The normalized spacial score (nSPS) is 20.0. The van der Waals surface area contributed by atoms with Crippen LogP contribution in [0.2, 0.25) is 0 Å². The number of nitrogens with two attached hydrogens (primary N) is 3. The molecule has 166 valence electrons. The smallest absolute Gasteiger partial charge is 0.212 e. The molecule has 0 amide bonds. The van der Waals surface area contributed by atoms with E-state index in [1.807, 2.05) is 0 Å². The van der Waals surface area contributed by atoms with Gasteiger partial charge in [-0.05, 0) is 72.8 Å². The molecule has 0 aliphatic heterocycles. The molecule has 1 saturated carbocycles. The Kier molecular flexibility index (Phi) is 6.28. The number of anilines is 3. The molecule has 3 aromatic rings. The van der Waals surface area contributed by atoms with E-state index in [-0.39, 0.29) is 12.2 Å². The molecule has 0 bridgehead atoms. The predicted octanol–water partition coefficient (Wildman–Crippen LogP) is 4.04. The molecule has 1 fully saturated rings. The van der Waals surface area contributed by atoms with Crippen LogP contribution in [-0.4, -0.2) is 36.1 Å². The summed E-state index contributed by atoms with van der Waals surface area (Å²) < 4.78 is 5.58. The van der Waals surface area contributed by atoms with Crippen molar-refractivity contribution in [2.45, 2.75) is 12.5 Å². The first-order valence-electron chi connectivity index (χ1n) is 10.3. The Morgan fingerprint density at radius 1 is 0.667 bits per heavy atom. The van der Waals surface area contributed by atoms with Crippen LogP contribution >= 0.6 is 0 Å². The Balaban J connectivity index is 1.81. The molecule has 1 aliphatic rings. The molecule has 4 rings (SSSR count). The van der Waals surface area contributed by atoms with Crippen molar-refractivity contribution < 1.29 is 9.53 Å². The number of benzene rings is 3. The highest BCUT2D eigenvalue weighted by atomic mass is 16.5. The summed E-state index contributed by atoms with van der Waals surface area (Å²) in [6.07, 6.45) is -0.752. The summed E-state index contributed by atoms with van der Waals surface area (Å²) in [5, 5.41) is 0. The van der Waals surface area contributed by atoms with E-state index in [0.717, 1.165) is 0 Å². The third kappa shape index (κ3) is 5.13. The van der Waals surface area contributed by atoms with Crippen LogP contribution in [0.3, 0.4) is 0 Å². The maximum absolute atomic E-state index is 13.3. The van der Waals surface area contributed by atoms with Crippen LogP contribution in [0, 0.1) is 0 Å². The summed E-state index contributed by atoms with van der Waals surface area (Å²) in [6, 6.07) is 21.2. The minimum absolute atomic E-state index is 0.196. The van der Waals surface area contributed by atoms with E-state index < -0.39 is 6.10 Å². The third-order valence-electron chi connectivity index (χ3n) is 5.09. The maximum atomic E-state index is 13.3. The second kappa shape index (κ2) is 9.46. The maximum Gasteiger partial charge on any atom is 0.212 e. The second-order valence-electron chi connectivity index (χ2n) is 7.55. The van der Waals surface area contributed by atoms with Crippen LogP contribution in [0.15, 0.2) is 87.8 Å². The molecule has 0 radical (unpaired) electrons. The van der Waals surface area contributed by atoms with E-state index in [1.165, 1.54) is 7.11 Å². The predicted molar refractivity (Wildman–Crippen MR) is 134 cm³/mol. The average Bonchev–Trinajstić information content (AvgIpc) is 2.81. The molecule has 3 aromatic carbocycles. The lowest BCUT2D eigenvalue weighted by atomic mass is 9.89. The number of Topliss-reactive ketones (excluding diaryl/α,β-unsaturated/α-hetero) is 1. The van der Waals surface area contributed by atoms with Crippen molar-refractivity contribution in [2.75, 3.05) is 24.3 Å². The molecule has 1 unspecified atom stereocenters. The summed E-state index contributed by atoms with van der Waals surface area (Å²) in [5.41, 5.74) is 22.5. The number of ether oxygens (including phenoxy) is 1. The molecule has 1 aliphatic carbocycles. The quantitative estimate of drug-likeness (QED) is 0.525. The number of hydrogen-bond donors (Lipinski definition) is 3. The third-order valence-corrected chi connectivity index (χ3v) is 5.09. The van der Waals surface area contributed by atoms with E-state index in [0.29, 0.717) is 51.3 Å². The van der Waals surface area contributed by atoms with Gasteiger partial charge in [-0.15, -0.1) is 0 Å². The standard InChI is InChI=1S/C25H24N6O2/c1-33-25-23(31-20-12-6-17(28)7-13-20)21(29-18-8-2-15(26)3-9-18)14-22(24(25)32)30-19-10-4-16(27)5-11-19/h2-13,25H,14,26-28H2,1H3. The second-order valence-corrected chi connectivity index (χ2v) is 7.55. The van der Waals surface area contributed by atoms with Crippen molar-refractivity contribution in [3.63, 3.8) is 0 Å². The number of nitrogen functional groups attached to an aromatic ring is 3. The minimum Gasteiger partial charge on any atom is -0.399 e. The molecule has 8 heteroatoms. The lowest BCUT2D eigenvalue weighted by molar-refractivity contribution is -0.119. The van der Waals surface area contributed by atoms with Gasteiger partial charge in [-0.2, -0.15) is 0 Å². The van der Waals surface area contributed by atoms with Crippen LogP contribution in [0.25, 0.3) is 0 Å². The number of carbonyl (C=O) groups excluding carboxylic acids is 1. The molecule has 8 nitrogen and oxygen atoms in total. The number of nitrogens with zero attached hydrogens (tertiary/aromatic N) is 3. The van der Waals surface area contributed by atoms with Crippen molar-refractivity contribution in [3.8, 4) is 0 Å². The van der Waals surface area contributed by atoms with Crippen molar-refractivity contribution in [2.24, 2.45) is 15.0 Å². The number of carbonyl (C=O) groups is 1. The zero-order chi connectivity index (χ0) is 23.4. The van der Waals surface area contributed by atoms with Gasteiger partial charge in [-0.3, -0.25) is 9.79 Å². The Labute approximate surface area is 191 Å². The van der Waals surface area contributed by atoms with Gasteiger partial charge >= 0.3 is 0 Å². The fourth-order valence-corrected chi connectivity index (χ4v) is 3.39. The highest BCUT2D eigenvalue weighted by Crippen LogP contribution is 2.25. The Morgan fingerprint density at radius 2 is 1.06 bits per heavy atom. The monoisotopic (exact) mass is 440 g/mol. The van der Waals surface area contributed by atoms with Crippen LogP contribution in [0.1, 0.15) is 6.42 Å². The van der Waals surface area contributed by atoms with E-state index in [2.05, 4.69) is 4.99 Å². The molecule has 1 atom stereocenters. The first kappa shape index (κ1) is 21.9. The zero-order valence-electron chi connectivity index (χ0n) is 18.1. The van der Waals surface area contributed by atoms with Gasteiger partial charge in [0.05, 0.1) is 34.2 Å². The molecular weight excluding hydrogens is 416 g/mol. The topological polar surface area (TPSA) is 141 Å². The molecule has 0 heterocycles. The highest BCUT2D eigenvalue weighted by Gasteiger charge is 2.37. The number of ketones is 1. The van der Waals surface area contributed by atoms with Crippen LogP contribution < -0.4 is 17.2 Å². The van der Waals surface area contributed by atoms with Crippen molar-refractivity contribution in [1.29, 1.82) is 0 Å². The largest absolute Gasteiger partial charge is 0.399 e. The van der Waals surface area contributed by atoms with Gasteiger partial charge in [0.1, 0.15) is 0 Å². The fraction of sp³-hybridized carbons (Fsp3) is 0.120. The van der Waals surface area contributed by atoms with Crippen LogP contribution in [0.5, 0.6) is 0 Å². The molecular formula is C25H24N6O2. The molecule has 0 saturated heterocycles. The highest BCUT2D eigenvalue weighted by molar-refractivity contribution is 6.64. The zero-order valence-corrected chi connectivity index (χ0v) is 18.1. The Hall–Kier alpha value is -4.30. The van der Waals surface area contributed by atoms with Crippen molar-refractivity contribution in [3.05, 3.63) is 72.8 Å². The molecule has 0 spiro atoms. The van der Waals surface area contributed by atoms with Gasteiger partial charge in [0, 0.05) is 30.6 Å². The van der Waals surface area contributed by atoms with E-state index in [9.17, 15) is 4.79 Å². The van der Waals surface area contributed by atoms with Gasteiger partial charge in [0.25, 0.3) is 0 Å². The molecule has 0 aromatic heterocycles. The molecule has 6 N–H and O–H groups in total. The average molecular weight is 441 g/mol. The summed E-state index contributed by atoms with van der Waals surface area (Å²) in [4.78, 5) is 27.3. The molecule has 33 heavy (non-hydrogen) atoms. The van der Waals surface area contributed by atoms with Crippen molar-refractivity contribution in [1.82, 2.24) is 0 Å². The van der Waals surface area contributed by atoms with Gasteiger partial charge < -0.3 is 21.9 Å². The fourth-order valence-electron chi connectivity index (χ4n) is 3.39. The summed E-state index contributed by atoms with van der Waals surface area (Å²) in [7, 11) is 1.47. The van der Waals surface area contributed by atoms with Gasteiger partial charge in [0.2, 0.25) is 5.78 Å². The minimum atomic E-state index is -0.948. The van der Waals surface area contributed by atoms with Crippen LogP contribution in [-0.2, 0) is 9.53 Å². The SMILES string of the molecule is COC1C(=O)C(=Nc2ccc(N)cc2)CC(=Nc2ccc(N)cc2)C1=Nc1ccc(N)cc1. The van der Waals surface area contributed by atoms with Gasteiger partial charge in [-0.1, -0.05) is 0 Å². The summed E-state index contributed by atoms with van der Waals surface area (Å²) >= 11 is 0. The number of hydrogen-bond acceptors (Lipinski definition) is 8. The number of methoxy groups -OCH3 is 1. The first-order valence-corrected chi connectivity index (χ1v) is 10.3. The number of rotatable bonds is 4. The number of aliphatic imine (C=N–C) groups is 3.